The molecule has 0 unspecified atom stereocenters. The van der Waals surface area contributed by atoms with Crippen molar-refractivity contribution in [1.29, 1.82) is 0 Å². The first-order chi connectivity index (χ1) is 13.1. The van der Waals surface area contributed by atoms with Gasteiger partial charge in [-0.2, -0.15) is 5.10 Å². The van der Waals surface area contributed by atoms with Gasteiger partial charge in [-0.25, -0.2) is 9.78 Å². The second-order valence-electron chi connectivity index (χ2n) is 5.56. The van der Waals surface area contributed by atoms with Crippen molar-refractivity contribution >= 4 is 56.9 Å². The van der Waals surface area contributed by atoms with E-state index < -0.39 is 5.63 Å². The third-order valence-corrected chi connectivity index (χ3v) is 5.06. The molecule has 4 aromatic rings. The largest absolute Gasteiger partial charge is 0.422 e. The van der Waals surface area contributed by atoms with Gasteiger partial charge < -0.3 is 4.42 Å². The van der Waals surface area contributed by atoms with Crippen LogP contribution in [0.1, 0.15) is 5.56 Å². The molecule has 0 spiro atoms. The highest BCUT2D eigenvalue weighted by molar-refractivity contribution is 7.14. The molecule has 0 bridgehead atoms. The molecule has 0 saturated heterocycles. The second kappa shape index (κ2) is 7.52. The van der Waals surface area contributed by atoms with Crippen LogP contribution >= 0.6 is 34.5 Å². The van der Waals surface area contributed by atoms with E-state index in [0.29, 0.717) is 32.0 Å². The number of halogens is 2. The van der Waals surface area contributed by atoms with E-state index in [2.05, 4.69) is 15.5 Å². The number of anilines is 1. The van der Waals surface area contributed by atoms with Gasteiger partial charge in [-0.3, -0.25) is 5.43 Å². The molecular formula is C19H11Cl2N3O2S. The number of hydrazone groups is 1. The fraction of sp³-hybridized carbons (Fsp3) is 0. The molecule has 2 aromatic carbocycles. The predicted octanol–water partition coefficient (Wildman–Crippen LogP) is 5.67. The van der Waals surface area contributed by atoms with Crippen molar-refractivity contribution in [3.63, 3.8) is 0 Å². The van der Waals surface area contributed by atoms with Crippen LogP contribution < -0.4 is 11.1 Å². The van der Waals surface area contributed by atoms with Crippen LogP contribution in [0.15, 0.2) is 68.2 Å². The fourth-order valence-corrected chi connectivity index (χ4v) is 3.57. The number of hydrogen-bond donors (Lipinski definition) is 1. The Morgan fingerprint density at radius 3 is 2.85 bits per heavy atom. The second-order valence-corrected chi connectivity index (χ2v) is 7.26. The summed E-state index contributed by atoms with van der Waals surface area (Å²) in [6.45, 7) is 0. The van der Waals surface area contributed by atoms with Crippen molar-refractivity contribution < 1.29 is 4.42 Å². The molecule has 0 aliphatic carbocycles. The number of aromatic nitrogens is 1. The third kappa shape index (κ3) is 3.88. The lowest BCUT2D eigenvalue weighted by molar-refractivity contribution is 0.563. The van der Waals surface area contributed by atoms with Gasteiger partial charge in [0.1, 0.15) is 5.58 Å². The van der Waals surface area contributed by atoms with Crippen molar-refractivity contribution in [1.82, 2.24) is 4.98 Å². The van der Waals surface area contributed by atoms with E-state index in [1.165, 1.54) is 11.3 Å². The molecule has 8 heteroatoms. The van der Waals surface area contributed by atoms with Gasteiger partial charge in [-0.1, -0.05) is 47.5 Å². The Morgan fingerprint density at radius 2 is 2.00 bits per heavy atom. The smallest absolute Gasteiger partial charge is 0.345 e. The first kappa shape index (κ1) is 17.7. The molecule has 0 amide bonds. The van der Waals surface area contributed by atoms with Gasteiger partial charge >= 0.3 is 5.63 Å². The van der Waals surface area contributed by atoms with Gasteiger partial charge in [0.15, 0.2) is 0 Å². The highest BCUT2D eigenvalue weighted by atomic mass is 35.5. The first-order valence-corrected chi connectivity index (χ1v) is 9.46. The Labute approximate surface area is 167 Å². The summed E-state index contributed by atoms with van der Waals surface area (Å²) >= 11 is 13.3. The summed E-state index contributed by atoms with van der Waals surface area (Å²) in [5, 5.41) is 8.34. The first-order valence-electron chi connectivity index (χ1n) is 7.83. The molecule has 0 saturated carbocycles. The van der Waals surface area contributed by atoms with Crippen LogP contribution in [-0.2, 0) is 0 Å². The van der Waals surface area contributed by atoms with Crippen LogP contribution in [-0.4, -0.2) is 11.2 Å². The van der Waals surface area contributed by atoms with Gasteiger partial charge in [0.05, 0.1) is 22.5 Å². The van der Waals surface area contributed by atoms with Crippen LogP contribution in [0.3, 0.4) is 0 Å². The predicted molar refractivity (Wildman–Crippen MR) is 111 cm³/mol. The van der Waals surface area contributed by atoms with E-state index in [1.54, 1.807) is 41.9 Å². The Kier molecular flexibility index (Phi) is 4.94. The molecule has 1 N–H and O–H groups in total. The monoisotopic (exact) mass is 415 g/mol. The quantitative estimate of drug-likeness (QED) is 0.265. The number of hydrogen-bond acceptors (Lipinski definition) is 6. The topological polar surface area (TPSA) is 67.5 Å². The molecule has 0 fully saturated rings. The van der Waals surface area contributed by atoms with Gasteiger partial charge in [0.2, 0.25) is 5.13 Å². The Bertz CT molecular complexity index is 1220. The van der Waals surface area contributed by atoms with E-state index in [-0.39, 0.29) is 0 Å². The van der Waals surface area contributed by atoms with Gasteiger partial charge in [0, 0.05) is 21.4 Å². The van der Waals surface area contributed by atoms with E-state index in [9.17, 15) is 4.79 Å². The summed E-state index contributed by atoms with van der Waals surface area (Å²) in [4.78, 5) is 16.6. The number of benzene rings is 2. The summed E-state index contributed by atoms with van der Waals surface area (Å²) in [5.41, 5.74) is 4.61. The lowest BCUT2D eigenvalue weighted by Gasteiger charge is -1.99. The number of para-hydroxylation sites is 1. The van der Waals surface area contributed by atoms with Crippen LogP contribution in [0.5, 0.6) is 0 Å². The zero-order valence-electron chi connectivity index (χ0n) is 13.6. The standard InChI is InChI=1S/C19H11Cl2N3O2S/c20-13-6-5-12(15(21)8-13)9-22-24-19-23-16(10-27-19)14-7-11-3-1-2-4-17(11)26-18(14)25/h1-10H,(H,23,24)/b22-9+. The average molecular weight is 416 g/mol. The summed E-state index contributed by atoms with van der Waals surface area (Å²) < 4.78 is 5.35. The molecule has 0 atom stereocenters. The molecule has 0 aliphatic rings. The molecule has 134 valence electrons. The molecule has 4 rings (SSSR count). The highest BCUT2D eigenvalue weighted by Gasteiger charge is 2.11. The van der Waals surface area contributed by atoms with Crippen molar-refractivity contribution in [3.05, 3.63) is 79.9 Å². The number of nitrogens with one attached hydrogen (secondary N) is 1. The fourth-order valence-electron chi connectivity index (χ4n) is 2.45. The zero-order chi connectivity index (χ0) is 18.8. The van der Waals surface area contributed by atoms with Crippen molar-refractivity contribution in [2.45, 2.75) is 0 Å². The summed E-state index contributed by atoms with van der Waals surface area (Å²) in [6.07, 6.45) is 1.57. The maximum Gasteiger partial charge on any atom is 0.345 e. The average Bonchev–Trinajstić information content (AvgIpc) is 3.11. The number of fused-ring (bicyclic) bond motifs is 1. The normalized spacial score (nSPS) is 11.3. The van der Waals surface area contributed by atoms with Crippen LogP contribution in [0.4, 0.5) is 5.13 Å². The Morgan fingerprint density at radius 1 is 1.15 bits per heavy atom. The maximum atomic E-state index is 12.2. The van der Waals surface area contributed by atoms with E-state index >= 15 is 0 Å². The summed E-state index contributed by atoms with van der Waals surface area (Å²) in [6, 6.07) is 14.3. The Balaban J connectivity index is 1.56. The highest BCUT2D eigenvalue weighted by Crippen LogP contribution is 2.25. The SMILES string of the molecule is O=c1oc2ccccc2cc1-c1csc(N/N=C/c2ccc(Cl)cc2Cl)n1. The van der Waals surface area contributed by atoms with Crippen molar-refractivity contribution in [3.8, 4) is 11.3 Å². The lowest BCUT2D eigenvalue weighted by atomic mass is 10.1. The molecule has 0 radical (unpaired) electrons. The van der Waals surface area contributed by atoms with Crippen LogP contribution in [0, 0.1) is 0 Å². The minimum Gasteiger partial charge on any atom is -0.422 e. The lowest BCUT2D eigenvalue weighted by Crippen LogP contribution is -2.02. The van der Waals surface area contributed by atoms with Crippen LogP contribution in [0.2, 0.25) is 10.0 Å². The zero-order valence-corrected chi connectivity index (χ0v) is 16.0. The molecule has 2 aromatic heterocycles. The minimum atomic E-state index is -0.429. The molecule has 2 heterocycles. The number of rotatable bonds is 4. The van der Waals surface area contributed by atoms with Gasteiger partial charge in [-0.15, -0.1) is 11.3 Å². The molecule has 27 heavy (non-hydrogen) atoms. The van der Waals surface area contributed by atoms with E-state index in [0.717, 1.165) is 10.9 Å². The number of nitrogens with zero attached hydrogens (tertiary/aromatic N) is 2. The summed E-state index contributed by atoms with van der Waals surface area (Å²) in [5.74, 6) is 0. The van der Waals surface area contributed by atoms with E-state index in [4.69, 9.17) is 27.6 Å². The summed E-state index contributed by atoms with van der Waals surface area (Å²) in [7, 11) is 0. The van der Waals surface area contributed by atoms with Crippen LogP contribution in [0.25, 0.3) is 22.2 Å². The van der Waals surface area contributed by atoms with Gasteiger partial charge in [-0.05, 0) is 24.3 Å². The number of thiazole rings is 1. The van der Waals surface area contributed by atoms with E-state index in [1.807, 2.05) is 18.2 Å². The van der Waals surface area contributed by atoms with Gasteiger partial charge in [0.25, 0.3) is 0 Å². The third-order valence-electron chi connectivity index (χ3n) is 3.75. The minimum absolute atomic E-state index is 0.405. The molecular weight excluding hydrogens is 405 g/mol. The van der Waals surface area contributed by atoms with Crippen molar-refractivity contribution in [2.24, 2.45) is 5.10 Å². The molecule has 5 nitrogen and oxygen atoms in total. The molecule has 0 aliphatic heterocycles. The Hall–Kier alpha value is -2.67. The maximum absolute atomic E-state index is 12.2. The van der Waals surface area contributed by atoms with Crippen molar-refractivity contribution in [2.75, 3.05) is 5.43 Å².